The highest BCUT2D eigenvalue weighted by atomic mass is 16.2. The molecule has 1 unspecified atom stereocenters. The Bertz CT molecular complexity index is 638. The highest BCUT2D eigenvalue weighted by molar-refractivity contribution is 6.07. The predicted molar refractivity (Wildman–Crippen MR) is 71.8 cm³/mol. The third kappa shape index (κ3) is 1.73. The Kier molecular flexibility index (Phi) is 2.67. The highest BCUT2D eigenvalue weighted by Gasteiger charge is 2.48. The quantitative estimate of drug-likeness (QED) is 0.780. The normalized spacial score (nSPS) is 25.7. The molecule has 0 aromatic heterocycles. The van der Waals surface area contributed by atoms with E-state index in [2.05, 4.69) is 5.32 Å². The van der Waals surface area contributed by atoms with Crippen LogP contribution in [0.3, 0.4) is 0 Å². The number of hydrogen-bond acceptors (Lipinski definition) is 3. The Morgan fingerprint density at radius 2 is 2.00 bits per heavy atom. The van der Waals surface area contributed by atoms with Crippen LogP contribution in [-0.2, 0) is 16.1 Å². The van der Waals surface area contributed by atoms with E-state index >= 15 is 0 Å². The molecule has 2 heterocycles. The number of carbonyl (C=O) groups is 3. The minimum atomic E-state index is -0.947. The predicted octanol–water partition coefficient (Wildman–Crippen LogP) is 1.15. The molecule has 0 spiro atoms. The van der Waals surface area contributed by atoms with Gasteiger partial charge in [0.25, 0.3) is 11.8 Å². The molecule has 0 aliphatic carbocycles. The van der Waals surface area contributed by atoms with Gasteiger partial charge in [-0.1, -0.05) is 17.7 Å². The second kappa shape index (κ2) is 4.16. The van der Waals surface area contributed by atoms with Gasteiger partial charge in [-0.3, -0.25) is 19.7 Å². The fourth-order valence-electron chi connectivity index (χ4n) is 2.87. The van der Waals surface area contributed by atoms with Crippen molar-refractivity contribution in [1.82, 2.24) is 10.2 Å². The maximum absolute atomic E-state index is 12.5. The minimum Gasteiger partial charge on any atom is -0.320 e. The summed E-state index contributed by atoms with van der Waals surface area (Å²) in [7, 11) is 0. The van der Waals surface area contributed by atoms with Gasteiger partial charge in [0.15, 0.2) is 0 Å². The van der Waals surface area contributed by atoms with E-state index in [1.54, 1.807) is 11.8 Å². The molecule has 1 N–H and O–H groups in total. The summed E-state index contributed by atoms with van der Waals surface area (Å²) in [6.07, 6.45) is 0.637. The van der Waals surface area contributed by atoms with Gasteiger partial charge in [-0.25, -0.2) is 0 Å². The van der Waals surface area contributed by atoms with Crippen LogP contribution in [0.5, 0.6) is 0 Å². The monoisotopic (exact) mass is 272 g/mol. The number of carbonyl (C=O) groups excluding carboxylic acids is 3. The van der Waals surface area contributed by atoms with Crippen molar-refractivity contribution in [3.05, 3.63) is 34.9 Å². The molecule has 1 saturated heterocycles. The third-order valence-corrected chi connectivity index (χ3v) is 4.25. The zero-order valence-corrected chi connectivity index (χ0v) is 11.5. The first-order valence-electron chi connectivity index (χ1n) is 6.67. The Labute approximate surface area is 116 Å². The van der Waals surface area contributed by atoms with Crippen LogP contribution in [0, 0.1) is 6.92 Å². The lowest BCUT2D eigenvalue weighted by Crippen LogP contribution is -2.61. The van der Waals surface area contributed by atoms with Crippen LogP contribution in [0.1, 0.15) is 41.3 Å². The van der Waals surface area contributed by atoms with Gasteiger partial charge >= 0.3 is 0 Å². The lowest BCUT2D eigenvalue weighted by molar-refractivity contribution is -0.142. The molecule has 1 aromatic carbocycles. The van der Waals surface area contributed by atoms with Gasteiger partial charge in [-0.15, -0.1) is 0 Å². The molecule has 2 aliphatic rings. The van der Waals surface area contributed by atoms with Crippen LogP contribution in [0.25, 0.3) is 0 Å². The number of amides is 3. The van der Waals surface area contributed by atoms with Gasteiger partial charge in [0.2, 0.25) is 5.91 Å². The molecule has 5 nitrogen and oxygen atoms in total. The maximum Gasteiger partial charge on any atom is 0.255 e. The molecule has 3 amide bonds. The first-order valence-corrected chi connectivity index (χ1v) is 6.67. The molecular formula is C15H16N2O3. The Morgan fingerprint density at radius 3 is 2.70 bits per heavy atom. The van der Waals surface area contributed by atoms with Gasteiger partial charge in [-0.05, 0) is 31.9 Å². The van der Waals surface area contributed by atoms with Gasteiger partial charge in [0.1, 0.15) is 5.54 Å². The summed E-state index contributed by atoms with van der Waals surface area (Å²) in [5.74, 6) is -0.783. The molecule has 3 rings (SSSR count). The largest absolute Gasteiger partial charge is 0.320 e. The van der Waals surface area contributed by atoms with Crippen molar-refractivity contribution < 1.29 is 14.4 Å². The van der Waals surface area contributed by atoms with E-state index in [0.717, 1.165) is 11.1 Å². The lowest BCUT2D eigenvalue weighted by atomic mass is 9.89. The van der Waals surface area contributed by atoms with E-state index in [4.69, 9.17) is 0 Å². The molecule has 20 heavy (non-hydrogen) atoms. The van der Waals surface area contributed by atoms with Gasteiger partial charge in [-0.2, -0.15) is 0 Å². The second-order valence-corrected chi connectivity index (χ2v) is 5.70. The average Bonchev–Trinajstić information content (AvgIpc) is 2.72. The van der Waals surface area contributed by atoms with Crippen LogP contribution < -0.4 is 5.32 Å². The standard InChI is InChI=1S/C15H16N2O3/c1-9-3-4-10-8-17(13(19)11(10)7-9)15(2)6-5-12(18)16-14(15)20/h3-4,7H,5-6,8H2,1-2H3,(H,16,18,20). The number of fused-ring (bicyclic) bond motifs is 1. The van der Waals surface area contributed by atoms with E-state index in [0.29, 0.717) is 18.5 Å². The molecular weight excluding hydrogens is 256 g/mol. The van der Waals surface area contributed by atoms with E-state index in [1.807, 2.05) is 25.1 Å². The van der Waals surface area contributed by atoms with Crippen molar-refractivity contribution in [1.29, 1.82) is 0 Å². The van der Waals surface area contributed by atoms with Crippen LogP contribution in [-0.4, -0.2) is 28.2 Å². The summed E-state index contributed by atoms with van der Waals surface area (Å²) < 4.78 is 0. The highest BCUT2D eigenvalue weighted by Crippen LogP contribution is 2.34. The second-order valence-electron chi connectivity index (χ2n) is 5.70. The zero-order chi connectivity index (χ0) is 14.5. The summed E-state index contributed by atoms with van der Waals surface area (Å²) in [4.78, 5) is 37.6. The van der Waals surface area contributed by atoms with Gasteiger partial charge in [0.05, 0.1) is 0 Å². The minimum absolute atomic E-state index is 0.129. The van der Waals surface area contributed by atoms with Crippen LogP contribution in [0.2, 0.25) is 0 Å². The molecule has 0 bridgehead atoms. The van der Waals surface area contributed by atoms with Crippen molar-refractivity contribution in [2.24, 2.45) is 0 Å². The van der Waals surface area contributed by atoms with E-state index < -0.39 is 5.54 Å². The van der Waals surface area contributed by atoms with Gasteiger partial charge in [0, 0.05) is 18.5 Å². The summed E-state index contributed by atoms with van der Waals surface area (Å²) in [6, 6.07) is 5.74. The van der Waals surface area contributed by atoms with Crippen molar-refractivity contribution >= 4 is 17.7 Å². The summed E-state index contributed by atoms with van der Waals surface area (Å²) in [5.41, 5.74) is 1.67. The van der Waals surface area contributed by atoms with E-state index in [1.165, 1.54) is 0 Å². The summed E-state index contributed by atoms with van der Waals surface area (Å²) >= 11 is 0. The summed E-state index contributed by atoms with van der Waals surface area (Å²) in [6.45, 7) is 4.09. The first-order chi connectivity index (χ1) is 9.41. The number of nitrogens with one attached hydrogen (secondary N) is 1. The number of aryl methyl sites for hydroxylation is 1. The van der Waals surface area contributed by atoms with Crippen molar-refractivity contribution in [3.63, 3.8) is 0 Å². The SMILES string of the molecule is Cc1ccc2c(c1)C(=O)N(C1(C)CCC(=O)NC1=O)C2. The number of imide groups is 1. The fourth-order valence-corrected chi connectivity index (χ4v) is 2.87. The third-order valence-electron chi connectivity index (χ3n) is 4.25. The Balaban J connectivity index is 1.96. The number of hydrogen-bond donors (Lipinski definition) is 1. The van der Waals surface area contributed by atoms with Gasteiger partial charge < -0.3 is 4.90 Å². The average molecular weight is 272 g/mol. The van der Waals surface area contributed by atoms with E-state index in [-0.39, 0.29) is 24.1 Å². The molecule has 1 aromatic rings. The van der Waals surface area contributed by atoms with Crippen LogP contribution in [0.4, 0.5) is 0 Å². The molecule has 1 fully saturated rings. The number of nitrogens with zero attached hydrogens (tertiary/aromatic N) is 1. The number of benzene rings is 1. The van der Waals surface area contributed by atoms with Crippen LogP contribution >= 0.6 is 0 Å². The van der Waals surface area contributed by atoms with Crippen molar-refractivity contribution in [2.75, 3.05) is 0 Å². The molecule has 0 saturated carbocycles. The molecule has 1 atom stereocenters. The van der Waals surface area contributed by atoms with Crippen molar-refractivity contribution in [2.45, 2.75) is 38.8 Å². The summed E-state index contributed by atoms with van der Waals surface area (Å²) in [5, 5.41) is 2.33. The van der Waals surface area contributed by atoms with Crippen LogP contribution in [0.15, 0.2) is 18.2 Å². The first kappa shape index (κ1) is 12.8. The fraction of sp³-hybridized carbons (Fsp3) is 0.400. The number of rotatable bonds is 1. The lowest BCUT2D eigenvalue weighted by Gasteiger charge is -2.39. The van der Waals surface area contributed by atoms with E-state index in [9.17, 15) is 14.4 Å². The van der Waals surface area contributed by atoms with Crippen molar-refractivity contribution in [3.8, 4) is 0 Å². The smallest absolute Gasteiger partial charge is 0.255 e. The molecule has 0 radical (unpaired) electrons. The topological polar surface area (TPSA) is 66.5 Å². The zero-order valence-electron chi connectivity index (χ0n) is 11.5. The Morgan fingerprint density at radius 1 is 1.25 bits per heavy atom. The number of piperidine rings is 1. The molecule has 5 heteroatoms. The maximum atomic E-state index is 12.5. The Hall–Kier alpha value is -2.17. The molecule has 2 aliphatic heterocycles. The molecule has 104 valence electrons.